The number of carbonyl (C=O) groups is 1. The van der Waals surface area contributed by atoms with Crippen LogP contribution in [0.1, 0.15) is 69.2 Å². The Bertz CT molecular complexity index is 251. The fourth-order valence-corrected chi connectivity index (χ4v) is 12.1. The highest BCUT2D eigenvalue weighted by Crippen LogP contribution is 2.62. The second-order valence-electron chi connectivity index (χ2n) is 8.02. The molecule has 0 fully saturated rings. The number of hydrogen-bond acceptors (Lipinski definition) is 2. The minimum atomic E-state index is -2.31. The fraction of sp³-hybridized carbons (Fsp3) is 0.929. The van der Waals surface area contributed by atoms with Gasteiger partial charge in [0, 0.05) is 6.92 Å². The molecule has 3 heteroatoms. The number of hydrogen-bond donors (Lipinski definition) is 0. The zero-order valence-electron chi connectivity index (χ0n) is 13.3. The van der Waals surface area contributed by atoms with Crippen LogP contribution in [-0.2, 0) is 9.22 Å². The average molecular weight is 258 g/mol. The molecule has 0 saturated heterocycles. The third-order valence-electron chi connectivity index (χ3n) is 3.47. The highest BCUT2D eigenvalue weighted by Gasteiger charge is 2.64. The molecule has 0 radical (unpaired) electrons. The third kappa shape index (κ3) is 2.93. The van der Waals surface area contributed by atoms with E-state index in [9.17, 15) is 4.79 Å². The van der Waals surface area contributed by atoms with Gasteiger partial charge in [-0.15, -0.1) is 0 Å². The maximum atomic E-state index is 11.6. The molecule has 0 N–H and O–H groups in total. The largest absolute Gasteiger partial charge is 0.518 e. The molecule has 0 heterocycles. The Labute approximate surface area is 108 Å². The lowest BCUT2D eigenvalue weighted by molar-refractivity contribution is -0.133. The summed E-state index contributed by atoms with van der Waals surface area (Å²) in [6.45, 7) is 21.4. The molecule has 0 aromatic carbocycles. The summed E-state index contributed by atoms with van der Waals surface area (Å²) in [6, 6.07) is 0. The van der Waals surface area contributed by atoms with Crippen LogP contribution in [0.5, 0.6) is 0 Å². The SMILES string of the molecule is CC(=O)O[Si](C(C)(C)C)(C(C)(C)C)C(C)(C)C. The Balaban J connectivity index is 6.02. The van der Waals surface area contributed by atoms with E-state index in [1.54, 1.807) is 0 Å². The number of carbonyl (C=O) groups excluding carboxylic acids is 1. The molecular formula is C14H30O2Si. The van der Waals surface area contributed by atoms with Gasteiger partial charge in [-0.1, -0.05) is 62.3 Å². The molecule has 0 spiro atoms. The molecule has 102 valence electrons. The van der Waals surface area contributed by atoms with Gasteiger partial charge < -0.3 is 4.43 Å². The Kier molecular flexibility index (Phi) is 4.33. The first kappa shape index (κ1) is 16.7. The van der Waals surface area contributed by atoms with E-state index in [0.717, 1.165) is 0 Å². The van der Waals surface area contributed by atoms with Gasteiger partial charge in [-0.3, -0.25) is 4.79 Å². The van der Waals surface area contributed by atoms with Gasteiger partial charge >= 0.3 is 0 Å². The molecular weight excluding hydrogens is 228 g/mol. The van der Waals surface area contributed by atoms with Crippen molar-refractivity contribution in [1.82, 2.24) is 0 Å². The van der Waals surface area contributed by atoms with Crippen LogP contribution in [0.3, 0.4) is 0 Å². The second kappa shape index (κ2) is 4.41. The highest BCUT2D eigenvalue weighted by atomic mass is 28.4. The summed E-state index contributed by atoms with van der Waals surface area (Å²) in [5.41, 5.74) is 0. The lowest BCUT2D eigenvalue weighted by Gasteiger charge is -2.56. The molecule has 0 amide bonds. The van der Waals surface area contributed by atoms with Gasteiger partial charge in [-0.05, 0) is 15.1 Å². The fourth-order valence-electron chi connectivity index (χ4n) is 4.05. The topological polar surface area (TPSA) is 26.3 Å². The van der Waals surface area contributed by atoms with Gasteiger partial charge in [0.2, 0.25) is 0 Å². The van der Waals surface area contributed by atoms with E-state index in [0.29, 0.717) is 0 Å². The van der Waals surface area contributed by atoms with Gasteiger partial charge in [0.25, 0.3) is 14.3 Å². The van der Waals surface area contributed by atoms with Crippen molar-refractivity contribution in [3.8, 4) is 0 Å². The van der Waals surface area contributed by atoms with Crippen LogP contribution < -0.4 is 0 Å². The summed E-state index contributed by atoms with van der Waals surface area (Å²) in [6.07, 6.45) is 0. The molecule has 0 bridgehead atoms. The van der Waals surface area contributed by atoms with Crippen molar-refractivity contribution >= 4 is 14.3 Å². The van der Waals surface area contributed by atoms with Crippen LogP contribution in [0.2, 0.25) is 15.1 Å². The van der Waals surface area contributed by atoms with Gasteiger partial charge in [-0.2, -0.15) is 0 Å². The average Bonchev–Trinajstić information content (AvgIpc) is 1.91. The summed E-state index contributed by atoms with van der Waals surface area (Å²) in [5.74, 6) is -0.142. The smallest absolute Gasteiger partial charge is 0.289 e. The molecule has 0 saturated carbocycles. The quantitative estimate of drug-likeness (QED) is 0.626. The van der Waals surface area contributed by atoms with Crippen LogP contribution in [-0.4, -0.2) is 14.3 Å². The lowest BCUT2D eigenvalue weighted by Crippen LogP contribution is -2.61. The maximum Gasteiger partial charge on any atom is 0.289 e. The van der Waals surface area contributed by atoms with E-state index in [-0.39, 0.29) is 21.1 Å². The summed E-state index contributed by atoms with van der Waals surface area (Å²) >= 11 is 0. The van der Waals surface area contributed by atoms with Crippen LogP contribution >= 0.6 is 0 Å². The Hall–Kier alpha value is -0.313. The molecule has 17 heavy (non-hydrogen) atoms. The van der Waals surface area contributed by atoms with Crippen molar-refractivity contribution in [3.05, 3.63) is 0 Å². The van der Waals surface area contributed by atoms with Crippen LogP contribution in [0, 0.1) is 0 Å². The van der Waals surface area contributed by atoms with E-state index in [2.05, 4.69) is 62.3 Å². The normalized spacial score (nSPS) is 14.7. The van der Waals surface area contributed by atoms with Gasteiger partial charge in [0.05, 0.1) is 0 Å². The minimum absolute atomic E-state index is 0.00910. The van der Waals surface area contributed by atoms with E-state index in [1.165, 1.54) is 6.92 Å². The standard InChI is InChI=1S/C14H30O2Si/c1-11(15)16-17(12(2,3)4,13(5,6)7)14(8,9)10/h1-10H3. The van der Waals surface area contributed by atoms with Crippen molar-refractivity contribution in [2.45, 2.75) is 84.4 Å². The number of rotatable bonds is 1. The predicted octanol–water partition coefficient (Wildman–Crippen LogP) is 4.90. The van der Waals surface area contributed by atoms with E-state index >= 15 is 0 Å². The molecule has 0 aromatic rings. The molecule has 2 nitrogen and oxygen atoms in total. The van der Waals surface area contributed by atoms with Crippen LogP contribution in [0.15, 0.2) is 0 Å². The third-order valence-corrected chi connectivity index (χ3v) is 10.4. The van der Waals surface area contributed by atoms with Gasteiger partial charge in [0.1, 0.15) is 0 Å². The lowest BCUT2D eigenvalue weighted by atomic mass is 10.2. The highest BCUT2D eigenvalue weighted by molar-refractivity contribution is 6.83. The molecule has 0 rings (SSSR count). The Morgan fingerprint density at radius 1 is 0.765 bits per heavy atom. The summed E-state index contributed by atoms with van der Waals surface area (Å²) in [5, 5.41) is 0.0273. The van der Waals surface area contributed by atoms with Crippen molar-refractivity contribution in [3.63, 3.8) is 0 Å². The monoisotopic (exact) mass is 258 g/mol. The molecule has 0 aliphatic carbocycles. The van der Waals surface area contributed by atoms with Gasteiger partial charge in [0.15, 0.2) is 0 Å². The first-order valence-corrected chi connectivity index (χ1v) is 8.27. The first-order chi connectivity index (χ1) is 7.17. The second-order valence-corrected chi connectivity index (χ2v) is 14.1. The molecule has 0 aromatic heterocycles. The first-order valence-electron chi connectivity index (χ1n) is 6.36. The Morgan fingerprint density at radius 2 is 1.00 bits per heavy atom. The molecule has 0 unspecified atom stereocenters. The summed E-state index contributed by atoms with van der Waals surface area (Å²) in [4.78, 5) is 11.6. The van der Waals surface area contributed by atoms with Crippen LogP contribution in [0.4, 0.5) is 0 Å². The van der Waals surface area contributed by atoms with Crippen molar-refractivity contribution in [2.75, 3.05) is 0 Å². The van der Waals surface area contributed by atoms with Gasteiger partial charge in [-0.25, -0.2) is 0 Å². The summed E-state index contributed by atoms with van der Waals surface area (Å²) in [7, 11) is -2.31. The zero-order chi connectivity index (χ0) is 14.3. The molecule has 0 aliphatic heterocycles. The molecule has 0 atom stereocenters. The Morgan fingerprint density at radius 3 is 1.06 bits per heavy atom. The molecule has 0 aliphatic rings. The predicted molar refractivity (Wildman–Crippen MR) is 76.7 cm³/mol. The van der Waals surface area contributed by atoms with E-state index in [1.807, 2.05) is 0 Å². The van der Waals surface area contributed by atoms with E-state index < -0.39 is 8.32 Å². The summed E-state index contributed by atoms with van der Waals surface area (Å²) < 4.78 is 6.03. The minimum Gasteiger partial charge on any atom is -0.518 e. The van der Waals surface area contributed by atoms with Crippen molar-refractivity contribution < 1.29 is 9.22 Å². The maximum absolute atomic E-state index is 11.6. The van der Waals surface area contributed by atoms with Crippen LogP contribution in [0.25, 0.3) is 0 Å². The zero-order valence-corrected chi connectivity index (χ0v) is 14.3. The van der Waals surface area contributed by atoms with Crippen molar-refractivity contribution in [1.29, 1.82) is 0 Å². The van der Waals surface area contributed by atoms with E-state index in [4.69, 9.17) is 4.43 Å². The van der Waals surface area contributed by atoms with Crippen molar-refractivity contribution in [2.24, 2.45) is 0 Å².